The summed E-state index contributed by atoms with van der Waals surface area (Å²) in [7, 11) is 0. The molecule has 1 unspecified atom stereocenters. The lowest BCUT2D eigenvalue weighted by atomic mass is 10.2. The number of hydrogen-bond donors (Lipinski definition) is 2. The fraction of sp³-hybridized carbons (Fsp3) is 0.583. The molecule has 0 aromatic carbocycles. The third-order valence-corrected chi connectivity index (χ3v) is 2.94. The molecule has 1 aliphatic rings. The van der Waals surface area contributed by atoms with E-state index in [1.165, 1.54) is 6.92 Å². The van der Waals surface area contributed by atoms with Crippen LogP contribution in [-0.2, 0) is 4.79 Å². The maximum absolute atomic E-state index is 11.8. The molecule has 6 heteroatoms. The van der Waals surface area contributed by atoms with Crippen LogP contribution in [0.2, 0.25) is 0 Å². The van der Waals surface area contributed by atoms with Crippen LogP contribution in [-0.4, -0.2) is 28.5 Å². The molecular formula is C12H16N2O4. The molecule has 6 nitrogen and oxygen atoms in total. The predicted octanol–water partition coefficient (Wildman–Crippen LogP) is 1.31. The summed E-state index contributed by atoms with van der Waals surface area (Å²) >= 11 is 0. The van der Waals surface area contributed by atoms with E-state index in [-0.39, 0.29) is 12.3 Å². The summed E-state index contributed by atoms with van der Waals surface area (Å²) in [6.07, 6.45) is 2.11. The Bertz CT molecular complexity index is 476. The molecule has 1 heterocycles. The van der Waals surface area contributed by atoms with E-state index in [4.69, 9.17) is 9.52 Å². The molecule has 0 bridgehead atoms. The Kier molecular flexibility index (Phi) is 3.36. The molecule has 0 aliphatic heterocycles. The topological polar surface area (TPSA) is 92.4 Å². The first-order valence-electron chi connectivity index (χ1n) is 5.97. The van der Waals surface area contributed by atoms with Gasteiger partial charge in [0, 0.05) is 12.5 Å². The van der Waals surface area contributed by atoms with E-state index in [1.807, 2.05) is 0 Å². The van der Waals surface area contributed by atoms with Gasteiger partial charge in [0.15, 0.2) is 5.89 Å². The summed E-state index contributed by atoms with van der Waals surface area (Å²) in [6.45, 7) is 3.32. The van der Waals surface area contributed by atoms with E-state index in [2.05, 4.69) is 10.3 Å². The molecule has 2 rings (SSSR count). The van der Waals surface area contributed by atoms with Crippen molar-refractivity contribution >= 4 is 11.9 Å². The molecule has 1 aromatic rings. The maximum atomic E-state index is 11.8. The third-order valence-electron chi connectivity index (χ3n) is 2.94. The SMILES string of the molecule is Cc1nc(C2CC2)oc1C(=O)NCC(C)C(=O)O. The second-order valence-corrected chi connectivity index (χ2v) is 4.69. The summed E-state index contributed by atoms with van der Waals surface area (Å²) < 4.78 is 5.42. The Morgan fingerprint density at radius 2 is 2.22 bits per heavy atom. The molecule has 0 spiro atoms. The quantitative estimate of drug-likeness (QED) is 0.824. The van der Waals surface area contributed by atoms with E-state index in [0.717, 1.165) is 12.8 Å². The maximum Gasteiger partial charge on any atom is 0.308 e. The van der Waals surface area contributed by atoms with Crippen LogP contribution in [0, 0.1) is 12.8 Å². The minimum atomic E-state index is -0.941. The summed E-state index contributed by atoms with van der Waals surface area (Å²) in [4.78, 5) is 26.7. The minimum absolute atomic E-state index is 0.0765. The second-order valence-electron chi connectivity index (χ2n) is 4.69. The first-order valence-corrected chi connectivity index (χ1v) is 5.97. The van der Waals surface area contributed by atoms with E-state index in [0.29, 0.717) is 17.5 Å². The Morgan fingerprint density at radius 1 is 1.56 bits per heavy atom. The van der Waals surface area contributed by atoms with Crippen LogP contribution < -0.4 is 5.32 Å². The third kappa shape index (κ3) is 2.69. The van der Waals surface area contributed by atoms with Gasteiger partial charge in [-0.3, -0.25) is 9.59 Å². The van der Waals surface area contributed by atoms with Gasteiger partial charge in [-0.1, -0.05) is 6.92 Å². The average molecular weight is 252 g/mol. The molecule has 98 valence electrons. The Labute approximate surface area is 104 Å². The first-order chi connectivity index (χ1) is 8.49. The van der Waals surface area contributed by atoms with Crippen LogP contribution in [0.15, 0.2) is 4.42 Å². The molecule has 0 saturated heterocycles. The lowest BCUT2D eigenvalue weighted by Crippen LogP contribution is -2.31. The fourth-order valence-corrected chi connectivity index (χ4v) is 1.55. The van der Waals surface area contributed by atoms with E-state index >= 15 is 0 Å². The molecule has 1 amide bonds. The zero-order valence-corrected chi connectivity index (χ0v) is 10.4. The molecule has 18 heavy (non-hydrogen) atoms. The van der Waals surface area contributed by atoms with Gasteiger partial charge in [0.2, 0.25) is 5.76 Å². The van der Waals surface area contributed by atoms with Crippen molar-refractivity contribution in [3.8, 4) is 0 Å². The number of amides is 1. The van der Waals surface area contributed by atoms with Crippen molar-refractivity contribution in [3.63, 3.8) is 0 Å². The fourth-order valence-electron chi connectivity index (χ4n) is 1.55. The van der Waals surface area contributed by atoms with Crippen LogP contribution in [0.25, 0.3) is 0 Å². The lowest BCUT2D eigenvalue weighted by Gasteiger charge is -2.06. The summed E-state index contributed by atoms with van der Waals surface area (Å²) in [5.41, 5.74) is 0.553. The van der Waals surface area contributed by atoms with E-state index in [9.17, 15) is 9.59 Å². The number of carbonyl (C=O) groups excluding carboxylic acids is 1. The number of rotatable bonds is 5. The molecule has 0 radical (unpaired) electrons. The van der Waals surface area contributed by atoms with Crippen LogP contribution in [0.4, 0.5) is 0 Å². The van der Waals surface area contributed by atoms with Gasteiger partial charge in [-0.25, -0.2) is 4.98 Å². The highest BCUT2D eigenvalue weighted by Crippen LogP contribution is 2.39. The van der Waals surface area contributed by atoms with Gasteiger partial charge < -0.3 is 14.8 Å². The van der Waals surface area contributed by atoms with Gasteiger partial charge >= 0.3 is 5.97 Å². The molecule has 1 atom stereocenters. The number of oxazole rings is 1. The zero-order valence-electron chi connectivity index (χ0n) is 10.4. The summed E-state index contributed by atoms with van der Waals surface area (Å²) in [6, 6.07) is 0. The number of aryl methyl sites for hydroxylation is 1. The Morgan fingerprint density at radius 3 is 2.78 bits per heavy atom. The Balaban J connectivity index is 1.98. The van der Waals surface area contributed by atoms with Gasteiger partial charge in [-0.2, -0.15) is 0 Å². The zero-order chi connectivity index (χ0) is 13.3. The molecule has 1 aliphatic carbocycles. The van der Waals surface area contributed by atoms with Gasteiger partial charge in [-0.15, -0.1) is 0 Å². The van der Waals surface area contributed by atoms with Gasteiger partial charge in [0.25, 0.3) is 5.91 Å². The van der Waals surface area contributed by atoms with Crippen molar-refractivity contribution < 1.29 is 19.1 Å². The molecule has 1 saturated carbocycles. The van der Waals surface area contributed by atoms with E-state index in [1.54, 1.807) is 6.92 Å². The number of hydrogen-bond acceptors (Lipinski definition) is 4. The predicted molar refractivity (Wildman–Crippen MR) is 62.3 cm³/mol. The van der Waals surface area contributed by atoms with Crippen molar-refractivity contribution in [1.29, 1.82) is 0 Å². The van der Waals surface area contributed by atoms with Crippen molar-refractivity contribution in [1.82, 2.24) is 10.3 Å². The van der Waals surface area contributed by atoms with Crippen molar-refractivity contribution in [2.45, 2.75) is 32.6 Å². The highest BCUT2D eigenvalue weighted by atomic mass is 16.4. The van der Waals surface area contributed by atoms with E-state index < -0.39 is 17.8 Å². The minimum Gasteiger partial charge on any atom is -0.481 e. The number of nitrogens with zero attached hydrogens (tertiary/aromatic N) is 1. The van der Waals surface area contributed by atoms with Gasteiger partial charge in [-0.05, 0) is 19.8 Å². The number of aromatic nitrogens is 1. The smallest absolute Gasteiger partial charge is 0.308 e. The van der Waals surface area contributed by atoms with Crippen LogP contribution >= 0.6 is 0 Å². The molecule has 2 N–H and O–H groups in total. The molecule has 1 fully saturated rings. The summed E-state index contributed by atoms with van der Waals surface area (Å²) in [5.74, 6) is -0.815. The Hall–Kier alpha value is -1.85. The van der Waals surface area contributed by atoms with Crippen molar-refractivity contribution in [2.75, 3.05) is 6.54 Å². The molecular weight excluding hydrogens is 236 g/mol. The van der Waals surface area contributed by atoms with Crippen molar-refractivity contribution in [3.05, 3.63) is 17.3 Å². The number of carboxylic acids is 1. The standard InChI is InChI=1S/C12H16N2O4/c1-6(12(16)17)5-13-10(15)9-7(2)14-11(18-9)8-3-4-8/h6,8H,3-5H2,1-2H3,(H,13,15)(H,16,17). The monoisotopic (exact) mass is 252 g/mol. The largest absolute Gasteiger partial charge is 0.481 e. The number of carboxylic acid groups (broad SMARTS) is 1. The first kappa shape index (κ1) is 12.6. The number of carbonyl (C=O) groups is 2. The lowest BCUT2D eigenvalue weighted by molar-refractivity contribution is -0.140. The number of aliphatic carboxylic acids is 1. The van der Waals surface area contributed by atoms with Crippen LogP contribution in [0.3, 0.4) is 0 Å². The van der Waals surface area contributed by atoms with Gasteiger partial charge in [0.1, 0.15) is 0 Å². The van der Waals surface area contributed by atoms with Gasteiger partial charge in [0.05, 0.1) is 11.6 Å². The highest BCUT2D eigenvalue weighted by Gasteiger charge is 2.30. The van der Waals surface area contributed by atoms with Crippen LogP contribution in [0.1, 0.15) is 47.8 Å². The normalized spacial score (nSPS) is 16.3. The highest BCUT2D eigenvalue weighted by molar-refractivity contribution is 5.92. The van der Waals surface area contributed by atoms with Crippen LogP contribution in [0.5, 0.6) is 0 Å². The average Bonchev–Trinajstić information content (AvgIpc) is 3.09. The summed E-state index contributed by atoms with van der Waals surface area (Å²) in [5, 5.41) is 11.3. The second kappa shape index (κ2) is 4.80. The van der Waals surface area contributed by atoms with Crippen molar-refractivity contribution in [2.24, 2.45) is 5.92 Å². The molecule has 1 aromatic heterocycles. The number of nitrogens with one attached hydrogen (secondary N) is 1.